The number of primary amides is 1. The molecule has 2 aromatic heterocycles. The molecular formula is C20H18ClF3N6O2. The van der Waals surface area contributed by atoms with Crippen LogP contribution >= 0.6 is 11.6 Å². The fourth-order valence-electron chi connectivity index (χ4n) is 4.01. The van der Waals surface area contributed by atoms with Gasteiger partial charge in [-0.25, -0.2) is 18.3 Å². The fraction of sp³-hybridized carbons (Fsp3) is 0.300. The lowest BCUT2D eigenvalue weighted by Crippen LogP contribution is -2.33. The fourth-order valence-corrected chi connectivity index (χ4v) is 4.22. The van der Waals surface area contributed by atoms with Crippen LogP contribution in [0.5, 0.6) is 0 Å². The Bertz CT molecular complexity index is 1260. The van der Waals surface area contributed by atoms with E-state index in [2.05, 4.69) is 15.3 Å². The minimum Gasteiger partial charge on any atom is -0.364 e. The van der Waals surface area contributed by atoms with E-state index in [-0.39, 0.29) is 22.8 Å². The van der Waals surface area contributed by atoms with Crippen molar-refractivity contribution >= 4 is 23.2 Å². The maximum atomic E-state index is 13.6. The second kappa shape index (κ2) is 8.30. The highest BCUT2D eigenvalue weighted by atomic mass is 35.5. The van der Waals surface area contributed by atoms with Crippen LogP contribution in [-0.4, -0.2) is 32.4 Å². The SMILES string of the molecule is CC(c1ccc(F)cc1C(F)F)n1nc(C(N)=O)c2c1CCN(c1cn[nH]c(=O)c1Cl)C2. The lowest BCUT2D eigenvalue weighted by molar-refractivity contribution is 0.0993. The van der Waals surface area contributed by atoms with Crippen molar-refractivity contribution in [2.24, 2.45) is 5.73 Å². The number of halogens is 4. The summed E-state index contributed by atoms with van der Waals surface area (Å²) in [6, 6.07) is 2.48. The Balaban J connectivity index is 1.78. The van der Waals surface area contributed by atoms with Gasteiger partial charge in [0, 0.05) is 36.3 Å². The molecule has 0 fully saturated rings. The third-order valence-electron chi connectivity index (χ3n) is 5.54. The van der Waals surface area contributed by atoms with Crippen molar-refractivity contribution in [3.8, 4) is 0 Å². The number of nitrogens with one attached hydrogen (secondary N) is 1. The van der Waals surface area contributed by atoms with Gasteiger partial charge in [-0.05, 0) is 24.6 Å². The van der Waals surface area contributed by atoms with Gasteiger partial charge in [0.25, 0.3) is 17.9 Å². The number of rotatable bonds is 5. The summed E-state index contributed by atoms with van der Waals surface area (Å²) >= 11 is 6.11. The minimum absolute atomic E-state index is 0.00817. The number of hydrogen-bond donors (Lipinski definition) is 2. The Kier molecular flexibility index (Phi) is 5.68. The summed E-state index contributed by atoms with van der Waals surface area (Å²) in [6.07, 6.45) is -1.11. The number of H-pyrrole nitrogens is 1. The molecule has 1 aliphatic rings. The molecule has 3 aromatic rings. The maximum absolute atomic E-state index is 13.6. The lowest BCUT2D eigenvalue weighted by Gasteiger charge is -2.30. The molecule has 3 N–H and O–H groups in total. The molecule has 0 aliphatic carbocycles. The van der Waals surface area contributed by atoms with Crippen molar-refractivity contribution in [3.63, 3.8) is 0 Å². The van der Waals surface area contributed by atoms with Crippen molar-refractivity contribution < 1.29 is 18.0 Å². The van der Waals surface area contributed by atoms with Crippen molar-refractivity contribution in [2.45, 2.75) is 32.4 Å². The number of aromatic amines is 1. The molecule has 0 saturated carbocycles. The van der Waals surface area contributed by atoms with Gasteiger partial charge in [-0.3, -0.25) is 14.3 Å². The standard InChI is InChI=1S/C20H18ClF3N6O2/c1-9(11-3-2-10(22)6-12(11)18(23)24)30-14-4-5-29(8-13(14)17(28-30)19(25)31)15-7-26-27-20(32)16(15)21/h2-3,6-7,9,18H,4-5,8H2,1H3,(H2,25,31)(H,27,32). The number of alkyl halides is 2. The number of nitrogens with zero attached hydrogens (tertiary/aromatic N) is 4. The topological polar surface area (TPSA) is 110 Å². The number of carbonyl (C=O) groups is 1. The largest absolute Gasteiger partial charge is 0.364 e. The highest BCUT2D eigenvalue weighted by Gasteiger charge is 2.31. The second-order valence-electron chi connectivity index (χ2n) is 7.40. The van der Waals surface area contributed by atoms with E-state index in [1.54, 1.807) is 11.8 Å². The minimum atomic E-state index is -2.88. The van der Waals surface area contributed by atoms with Gasteiger partial charge in [-0.1, -0.05) is 17.7 Å². The van der Waals surface area contributed by atoms with Crippen LogP contribution < -0.4 is 16.2 Å². The van der Waals surface area contributed by atoms with Crippen LogP contribution in [0.25, 0.3) is 0 Å². The first kappa shape index (κ1) is 21.9. The van der Waals surface area contributed by atoms with Crippen molar-refractivity contribution in [3.05, 3.63) is 73.7 Å². The van der Waals surface area contributed by atoms with E-state index in [1.165, 1.54) is 16.9 Å². The van der Waals surface area contributed by atoms with Crippen LogP contribution in [0.4, 0.5) is 18.9 Å². The Hall–Kier alpha value is -3.34. The van der Waals surface area contributed by atoms with Gasteiger partial charge < -0.3 is 10.6 Å². The van der Waals surface area contributed by atoms with E-state index < -0.39 is 35.3 Å². The predicted octanol–water partition coefficient (Wildman–Crippen LogP) is 2.97. The van der Waals surface area contributed by atoms with E-state index >= 15 is 0 Å². The summed E-state index contributed by atoms with van der Waals surface area (Å²) in [4.78, 5) is 25.7. The summed E-state index contributed by atoms with van der Waals surface area (Å²) in [5, 5.41) is 10.3. The van der Waals surface area contributed by atoms with Gasteiger partial charge in [0.15, 0.2) is 5.69 Å². The third kappa shape index (κ3) is 3.72. The molecule has 1 aromatic carbocycles. The molecule has 0 saturated heterocycles. The molecule has 168 valence electrons. The van der Waals surface area contributed by atoms with Gasteiger partial charge in [-0.15, -0.1) is 0 Å². The molecular weight excluding hydrogens is 449 g/mol. The molecule has 0 radical (unpaired) electrons. The van der Waals surface area contributed by atoms with Gasteiger partial charge >= 0.3 is 0 Å². The number of anilines is 1. The summed E-state index contributed by atoms with van der Waals surface area (Å²) in [7, 11) is 0. The van der Waals surface area contributed by atoms with E-state index in [0.717, 1.165) is 12.1 Å². The number of aromatic nitrogens is 4. The molecule has 8 nitrogen and oxygen atoms in total. The molecule has 12 heteroatoms. The van der Waals surface area contributed by atoms with Crippen LogP contribution in [0.1, 0.15) is 52.3 Å². The Labute approximate surface area is 184 Å². The number of hydrogen-bond acceptors (Lipinski definition) is 5. The van der Waals surface area contributed by atoms with E-state index in [9.17, 15) is 22.8 Å². The zero-order valence-corrected chi connectivity index (χ0v) is 17.5. The summed E-state index contributed by atoms with van der Waals surface area (Å²) < 4.78 is 42.1. The van der Waals surface area contributed by atoms with Gasteiger partial charge in [0.2, 0.25) is 0 Å². The van der Waals surface area contributed by atoms with Crippen LogP contribution in [0, 0.1) is 5.82 Å². The van der Waals surface area contributed by atoms with Crippen molar-refractivity contribution in [1.29, 1.82) is 0 Å². The average Bonchev–Trinajstić information content (AvgIpc) is 3.14. The molecule has 0 spiro atoms. The Morgan fingerprint density at radius 3 is 2.75 bits per heavy atom. The quantitative estimate of drug-likeness (QED) is 0.600. The normalized spacial score (nSPS) is 14.5. The molecule has 1 aliphatic heterocycles. The summed E-state index contributed by atoms with van der Waals surface area (Å²) in [5.74, 6) is -1.55. The van der Waals surface area contributed by atoms with Gasteiger partial charge in [-0.2, -0.15) is 10.2 Å². The highest BCUT2D eigenvalue weighted by Crippen LogP contribution is 2.34. The van der Waals surface area contributed by atoms with Crippen LogP contribution in [0.15, 0.2) is 29.2 Å². The monoisotopic (exact) mass is 466 g/mol. The third-order valence-corrected chi connectivity index (χ3v) is 5.90. The number of fused-ring (bicyclic) bond motifs is 1. The van der Waals surface area contributed by atoms with Gasteiger partial charge in [0.05, 0.1) is 17.9 Å². The molecule has 1 amide bonds. The predicted molar refractivity (Wildman–Crippen MR) is 111 cm³/mol. The van der Waals surface area contributed by atoms with Crippen molar-refractivity contribution in [1.82, 2.24) is 20.0 Å². The molecule has 1 unspecified atom stereocenters. The number of carbonyl (C=O) groups excluding carboxylic acids is 1. The van der Waals surface area contributed by atoms with E-state index in [1.807, 2.05) is 0 Å². The first-order chi connectivity index (χ1) is 15.2. The van der Waals surface area contributed by atoms with Gasteiger partial charge in [0.1, 0.15) is 10.8 Å². The smallest absolute Gasteiger partial charge is 0.285 e. The summed E-state index contributed by atoms with van der Waals surface area (Å²) in [5.41, 5.74) is 6.25. The molecule has 0 bridgehead atoms. The number of benzene rings is 1. The number of amides is 1. The Morgan fingerprint density at radius 2 is 2.06 bits per heavy atom. The molecule has 4 rings (SSSR count). The van der Waals surface area contributed by atoms with Crippen molar-refractivity contribution in [2.75, 3.05) is 11.4 Å². The summed E-state index contributed by atoms with van der Waals surface area (Å²) in [6.45, 7) is 2.21. The first-order valence-electron chi connectivity index (χ1n) is 9.64. The molecule has 32 heavy (non-hydrogen) atoms. The van der Waals surface area contributed by atoms with Crippen LogP contribution in [0.3, 0.4) is 0 Å². The maximum Gasteiger partial charge on any atom is 0.285 e. The zero-order chi connectivity index (χ0) is 23.2. The Morgan fingerprint density at radius 1 is 1.31 bits per heavy atom. The molecule has 3 heterocycles. The molecule has 1 atom stereocenters. The zero-order valence-electron chi connectivity index (χ0n) is 16.8. The van der Waals surface area contributed by atoms with E-state index in [4.69, 9.17) is 17.3 Å². The lowest BCUT2D eigenvalue weighted by atomic mass is 9.99. The van der Waals surface area contributed by atoms with Crippen LogP contribution in [-0.2, 0) is 13.0 Å². The number of nitrogens with two attached hydrogens (primary N) is 1. The average molecular weight is 467 g/mol. The van der Waals surface area contributed by atoms with E-state index in [0.29, 0.717) is 29.9 Å². The second-order valence-corrected chi connectivity index (χ2v) is 7.78. The highest BCUT2D eigenvalue weighted by molar-refractivity contribution is 6.33. The van der Waals surface area contributed by atoms with Crippen LogP contribution in [0.2, 0.25) is 5.02 Å². The first-order valence-corrected chi connectivity index (χ1v) is 10.0.